The zero-order valence-electron chi connectivity index (χ0n) is 14.2. The van der Waals surface area contributed by atoms with Crippen LogP contribution in [-0.4, -0.2) is 30.9 Å². The van der Waals surface area contributed by atoms with Crippen molar-refractivity contribution in [2.45, 2.75) is 13.3 Å². The molecule has 7 nitrogen and oxygen atoms in total. The molecule has 0 saturated carbocycles. The van der Waals surface area contributed by atoms with Crippen LogP contribution >= 0.6 is 11.3 Å². The van der Waals surface area contributed by atoms with Gasteiger partial charge in [-0.15, -0.1) is 11.3 Å². The Hall–Kier alpha value is -2.87. The highest BCUT2D eigenvalue weighted by molar-refractivity contribution is 7.12. The van der Waals surface area contributed by atoms with Gasteiger partial charge in [0, 0.05) is 13.0 Å². The Kier molecular flexibility index (Phi) is 5.52. The van der Waals surface area contributed by atoms with E-state index < -0.39 is 5.92 Å². The third-order valence-electron chi connectivity index (χ3n) is 4.00. The number of hydrogen-bond acceptors (Lipinski definition) is 5. The molecule has 1 fully saturated rings. The standard InChI is InChI=1S/C18H19N3O4S/c1-2-25-14-7-4-3-6-13(14)21-11-12(10-16(21)22)17(23)19-20-18(24)15-8-5-9-26-15/h3-9,12H,2,10-11H2,1H3,(H,19,23)(H,20,24)/t12-/m0/s1. The lowest BCUT2D eigenvalue weighted by Gasteiger charge is -2.20. The van der Waals surface area contributed by atoms with Gasteiger partial charge in [-0.05, 0) is 30.5 Å². The van der Waals surface area contributed by atoms with Gasteiger partial charge < -0.3 is 9.64 Å². The van der Waals surface area contributed by atoms with E-state index in [1.165, 1.54) is 11.3 Å². The van der Waals surface area contributed by atoms with Gasteiger partial charge in [-0.3, -0.25) is 25.2 Å². The summed E-state index contributed by atoms with van der Waals surface area (Å²) in [4.78, 5) is 38.6. The van der Waals surface area contributed by atoms with E-state index in [0.29, 0.717) is 22.9 Å². The van der Waals surface area contributed by atoms with Crippen molar-refractivity contribution >= 4 is 34.7 Å². The van der Waals surface area contributed by atoms with Crippen LogP contribution in [0.15, 0.2) is 41.8 Å². The number of hydrazine groups is 1. The molecule has 0 radical (unpaired) electrons. The normalized spacial score (nSPS) is 16.4. The van der Waals surface area contributed by atoms with Crippen LogP contribution in [0, 0.1) is 5.92 Å². The summed E-state index contributed by atoms with van der Waals surface area (Å²) in [6.45, 7) is 2.59. The summed E-state index contributed by atoms with van der Waals surface area (Å²) in [6.07, 6.45) is 0.0845. The molecule has 0 unspecified atom stereocenters. The van der Waals surface area contributed by atoms with Crippen molar-refractivity contribution in [2.75, 3.05) is 18.1 Å². The molecule has 3 rings (SSSR count). The van der Waals surface area contributed by atoms with Gasteiger partial charge in [0.25, 0.3) is 5.91 Å². The van der Waals surface area contributed by atoms with E-state index in [0.717, 1.165) is 0 Å². The first-order valence-corrected chi connectivity index (χ1v) is 9.14. The van der Waals surface area contributed by atoms with Crippen molar-refractivity contribution in [3.63, 3.8) is 0 Å². The summed E-state index contributed by atoms with van der Waals surface area (Å²) >= 11 is 1.28. The second kappa shape index (κ2) is 8.01. The largest absolute Gasteiger partial charge is 0.492 e. The molecule has 8 heteroatoms. The van der Waals surface area contributed by atoms with E-state index in [9.17, 15) is 14.4 Å². The zero-order chi connectivity index (χ0) is 18.5. The number of carbonyl (C=O) groups excluding carboxylic acids is 3. The van der Waals surface area contributed by atoms with E-state index in [-0.39, 0.29) is 30.7 Å². The molecule has 2 heterocycles. The lowest BCUT2D eigenvalue weighted by molar-refractivity contribution is -0.126. The first kappa shape index (κ1) is 17.9. The van der Waals surface area contributed by atoms with Crippen LogP contribution in [-0.2, 0) is 9.59 Å². The van der Waals surface area contributed by atoms with E-state index >= 15 is 0 Å². The van der Waals surface area contributed by atoms with Crippen molar-refractivity contribution in [3.8, 4) is 5.75 Å². The SMILES string of the molecule is CCOc1ccccc1N1C[C@@H](C(=O)NNC(=O)c2cccs2)CC1=O. The average Bonchev–Trinajstić information content (AvgIpc) is 3.30. The van der Waals surface area contributed by atoms with Crippen LogP contribution in [0.1, 0.15) is 23.0 Å². The Morgan fingerprint density at radius 1 is 1.23 bits per heavy atom. The van der Waals surface area contributed by atoms with Crippen molar-refractivity contribution < 1.29 is 19.1 Å². The van der Waals surface area contributed by atoms with Crippen LogP contribution in [0.4, 0.5) is 5.69 Å². The molecule has 1 aromatic heterocycles. The Morgan fingerprint density at radius 2 is 2.04 bits per heavy atom. The van der Waals surface area contributed by atoms with Crippen LogP contribution < -0.4 is 20.5 Å². The smallest absolute Gasteiger partial charge is 0.279 e. The van der Waals surface area contributed by atoms with Crippen LogP contribution in [0.3, 0.4) is 0 Å². The fourth-order valence-corrected chi connectivity index (χ4v) is 3.38. The number of anilines is 1. The number of amides is 3. The fraction of sp³-hybridized carbons (Fsp3) is 0.278. The van der Waals surface area contributed by atoms with Gasteiger partial charge in [0.2, 0.25) is 11.8 Å². The molecular formula is C18H19N3O4S. The maximum absolute atomic E-state index is 12.4. The number of ether oxygens (including phenoxy) is 1. The molecule has 3 amide bonds. The maximum atomic E-state index is 12.4. The summed E-state index contributed by atoms with van der Waals surface area (Å²) in [5, 5.41) is 1.78. The molecular weight excluding hydrogens is 354 g/mol. The molecule has 1 aliphatic rings. The molecule has 26 heavy (non-hydrogen) atoms. The fourth-order valence-electron chi connectivity index (χ4n) is 2.76. The van der Waals surface area contributed by atoms with Gasteiger partial charge in [-0.25, -0.2) is 0 Å². The minimum absolute atomic E-state index is 0.0845. The quantitative estimate of drug-likeness (QED) is 0.785. The molecule has 1 saturated heterocycles. The van der Waals surface area contributed by atoms with E-state index in [4.69, 9.17) is 4.74 Å². The van der Waals surface area contributed by atoms with Gasteiger partial charge in [-0.2, -0.15) is 0 Å². The Balaban J connectivity index is 1.62. The molecule has 2 aromatic rings. The number of nitrogens with zero attached hydrogens (tertiary/aromatic N) is 1. The summed E-state index contributed by atoms with van der Waals surface area (Å²) in [6, 6.07) is 10.7. The summed E-state index contributed by atoms with van der Waals surface area (Å²) in [7, 11) is 0. The second-order valence-electron chi connectivity index (χ2n) is 5.73. The highest BCUT2D eigenvalue weighted by Crippen LogP contribution is 2.33. The Labute approximate surface area is 154 Å². The predicted molar refractivity (Wildman–Crippen MR) is 98.0 cm³/mol. The molecule has 2 N–H and O–H groups in total. The Bertz CT molecular complexity index is 807. The molecule has 0 aliphatic carbocycles. The minimum atomic E-state index is -0.541. The monoisotopic (exact) mass is 373 g/mol. The van der Waals surface area contributed by atoms with E-state index in [2.05, 4.69) is 10.9 Å². The van der Waals surface area contributed by atoms with Crippen molar-refractivity contribution in [3.05, 3.63) is 46.7 Å². The highest BCUT2D eigenvalue weighted by Gasteiger charge is 2.36. The van der Waals surface area contributed by atoms with Crippen LogP contribution in [0.25, 0.3) is 0 Å². The first-order chi connectivity index (χ1) is 12.6. The summed E-state index contributed by atoms with van der Waals surface area (Å²) < 4.78 is 5.56. The number of carbonyl (C=O) groups is 3. The van der Waals surface area contributed by atoms with E-state index in [1.54, 1.807) is 34.5 Å². The number of thiophene rings is 1. The average molecular weight is 373 g/mol. The van der Waals surface area contributed by atoms with E-state index in [1.807, 2.05) is 19.1 Å². The number of rotatable bonds is 5. The van der Waals surface area contributed by atoms with Gasteiger partial charge >= 0.3 is 0 Å². The van der Waals surface area contributed by atoms with Crippen molar-refractivity contribution in [2.24, 2.45) is 5.92 Å². The topological polar surface area (TPSA) is 87.7 Å². The maximum Gasteiger partial charge on any atom is 0.279 e. The lowest BCUT2D eigenvalue weighted by atomic mass is 10.1. The van der Waals surface area contributed by atoms with Crippen LogP contribution in [0.2, 0.25) is 0 Å². The van der Waals surface area contributed by atoms with Gasteiger partial charge in [-0.1, -0.05) is 18.2 Å². The highest BCUT2D eigenvalue weighted by atomic mass is 32.1. The lowest BCUT2D eigenvalue weighted by Crippen LogP contribution is -2.45. The molecule has 0 bridgehead atoms. The third-order valence-corrected chi connectivity index (χ3v) is 4.86. The Morgan fingerprint density at radius 3 is 2.77 bits per heavy atom. The number of hydrogen-bond donors (Lipinski definition) is 2. The second-order valence-corrected chi connectivity index (χ2v) is 6.67. The van der Waals surface area contributed by atoms with Gasteiger partial charge in [0.1, 0.15) is 5.75 Å². The molecule has 1 atom stereocenters. The number of benzene rings is 1. The zero-order valence-corrected chi connectivity index (χ0v) is 15.0. The number of nitrogens with one attached hydrogen (secondary N) is 2. The molecule has 136 valence electrons. The summed E-state index contributed by atoms with van der Waals surface area (Å²) in [5.74, 6) is -0.853. The van der Waals surface area contributed by atoms with Crippen molar-refractivity contribution in [1.82, 2.24) is 10.9 Å². The van der Waals surface area contributed by atoms with Crippen molar-refractivity contribution in [1.29, 1.82) is 0 Å². The summed E-state index contributed by atoms with van der Waals surface area (Å²) in [5.41, 5.74) is 5.43. The molecule has 0 spiro atoms. The molecule has 1 aromatic carbocycles. The van der Waals surface area contributed by atoms with Gasteiger partial charge in [0.15, 0.2) is 0 Å². The molecule has 1 aliphatic heterocycles. The third kappa shape index (κ3) is 3.85. The predicted octanol–water partition coefficient (Wildman–Crippen LogP) is 1.96. The van der Waals surface area contributed by atoms with Crippen LogP contribution in [0.5, 0.6) is 5.75 Å². The number of para-hydroxylation sites is 2. The minimum Gasteiger partial charge on any atom is -0.492 e. The first-order valence-electron chi connectivity index (χ1n) is 8.26. The van der Waals surface area contributed by atoms with Gasteiger partial charge in [0.05, 0.1) is 23.1 Å².